The van der Waals surface area contributed by atoms with E-state index in [1.807, 2.05) is 6.07 Å². The van der Waals surface area contributed by atoms with Crippen LogP contribution in [0, 0.1) is 11.8 Å². The average Bonchev–Trinajstić information content (AvgIpc) is 2.11. The zero-order chi connectivity index (χ0) is 9.68. The number of rotatable bonds is 1. The molecule has 0 saturated heterocycles. The standard InChI is InChI=1S/C10H6BrClO/c11-10-5-4-9(12)7-8(10)3-1-2-6-13/h4-7H,2H2. The lowest BCUT2D eigenvalue weighted by atomic mass is 10.2. The highest BCUT2D eigenvalue weighted by Gasteiger charge is 1.96. The Kier molecular flexibility index (Phi) is 4.01. The lowest BCUT2D eigenvalue weighted by Crippen LogP contribution is -1.77. The maximum Gasteiger partial charge on any atom is 0.131 e. The minimum Gasteiger partial charge on any atom is -0.302 e. The van der Waals surface area contributed by atoms with Gasteiger partial charge in [-0.2, -0.15) is 0 Å². The average molecular weight is 258 g/mol. The van der Waals surface area contributed by atoms with Crippen molar-refractivity contribution < 1.29 is 4.79 Å². The van der Waals surface area contributed by atoms with Crippen molar-refractivity contribution in [3.8, 4) is 11.8 Å². The predicted octanol–water partition coefficient (Wildman–Crippen LogP) is 3.04. The van der Waals surface area contributed by atoms with E-state index in [0.717, 1.165) is 16.3 Å². The second-order valence-corrected chi connectivity index (χ2v) is 3.59. The minimum atomic E-state index is 0.249. The van der Waals surface area contributed by atoms with Crippen LogP contribution in [0.1, 0.15) is 12.0 Å². The van der Waals surface area contributed by atoms with E-state index in [1.54, 1.807) is 12.1 Å². The highest BCUT2D eigenvalue weighted by Crippen LogP contribution is 2.19. The number of aldehydes is 1. The molecule has 0 unspecified atom stereocenters. The number of carbonyl (C=O) groups is 1. The monoisotopic (exact) mass is 256 g/mol. The topological polar surface area (TPSA) is 17.1 Å². The molecule has 0 saturated carbocycles. The van der Waals surface area contributed by atoms with Gasteiger partial charge in [0.15, 0.2) is 0 Å². The summed E-state index contributed by atoms with van der Waals surface area (Å²) in [5.41, 5.74) is 0.800. The summed E-state index contributed by atoms with van der Waals surface area (Å²) >= 11 is 9.10. The third-order valence-electron chi connectivity index (χ3n) is 1.34. The molecule has 0 fully saturated rings. The lowest BCUT2D eigenvalue weighted by Gasteiger charge is -1.95. The number of carbonyl (C=O) groups excluding carboxylic acids is 1. The summed E-state index contributed by atoms with van der Waals surface area (Å²) in [5, 5.41) is 0.638. The van der Waals surface area contributed by atoms with E-state index in [4.69, 9.17) is 11.6 Å². The molecule has 66 valence electrons. The van der Waals surface area contributed by atoms with Gasteiger partial charge in [0.2, 0.25) is 0 Å². The molecule has 0 N–H and O–H groups in total. The van der Waals surface area contributed by atoms with Crippen molar-refractivity contribution in [1.82, 2.24) is 0 Å². The normalized spacial score (nSPS) is 8.77. The second kappa shape index (κ2) is 5.06. The number of hydrogen-bond donors (Lipinski definition) is 0. The number of halogens is 2. The molecule has 1 aromatic carbocycles. The van der Waals surface area contributed by atoms with Gasteiger partial charge in [0.05, 0.1) is 6.42 Å². The van der Waals surface area contributed by atoms with E-state index in [9.17, 15) is 4.79 Å². The second-order valence-electron chi connectivity index (χ2n) is 2.30. The quantitative estimate of drug-likeness (QED) is 0.558. The van der Waals surface area contributed by atoms with Crippen molar-refractivity contribution in [2.75, 3.05) is 0 Å². The third-order valence-corrected chi connectivity index (χ3v) is 2.26. The predicted molar refractivity (Wildman–Crippen MR) is 56.7 cm³/mol. The van der Waals surface area contributed by atoms with Crippen molar-refractivity contribution in [2.24, 2.45) is 0 Å². The Labute approximate surface area is 90.2 Å². The van der Waals surface area contributed by atoms with E-state index in [2.05, 4.69) is 27.8 Å². The van der Waals surface area contributed by atoms with Crippen LogP contribution in [0.2, 0.25) is 5.02 Å². The van der Waals surface area contributed by atoms with Crippen molar-refractivity contribution in [1.29, 1.82) is 0 Å². The van der Waals surface area contributed by atoms with Gasteiger partial charge in [0.1, 0.15) is 6.29 Å². The first-order valence-corrected chi connectivity index (χ1v) is 4.78. The van der Waals surface area contributed by atoms with Crippen LogP contribution in [-0.2, 0) is 4.79 Å². The lowest BCUT2D eigenvalue weighted by molar-refractivity contribution is -0.107. The van der Waals surface area contributed by atoms with Crippen molar-refractivity contribution in [3.05, 3.63) is 33.3 Å². The molecule has 3 heteroatoms. The molecule has 0 aromatic heterocycles. The Morgan fingerprint density at radius 2 is 2.31 bits per heavy atom. The van der Waals surface area contributed by atoms with Crippen molar-refractivity contribution >= 4 is 33.8 Å². The van der Waals surface area contributed by atoms with Crippen LogP contribution in [0.25, 0.3) is 0 Å². The summed E-state index contributed by atoms with van der Waals surface area (Å²) < 4.78 is 0.885. The minimum absolute atomic E-state index is 0.249. The fourth-order valence-corrected chi connectivity index (χ4v) is 1.30. The maximum atomic E-state index is 10.0. The van der Waals surface area contributed by atoms with E-state index in [1.165, 1.54) is 0 Å². The molecule has 0 spiro atoms. The Bertz CT molecular complexity index is 376. The fourth-order valence-electron chi connectivity index (χ4n) is 0.781. The molecular formula is C10H6BrClO. The molecule has 0 heterocycles. The van der Waals surface area contributed by atoms with Crippen molar-refractivity contribution in [3.63, 3.8) is 0 Å². The van der Waals surface area contributed by atoms with E-state index in [0.29, 0.717) is 5.02 Å². The van der Waals surface area contributed by atoms with Gasteiger partial charge in [-0.15, -0.1) is 0 Å². The third kappa shape index (κ3) is 3.22. The molecule has 1 nitrogen and oxygen atoms in total. The molecular weight excluding hydrogens is 251 g/mol. The Morgan fingerprint density at radius 3 is 3.00 bits per heavy atom. The maximum absolute atomic E-state index is 10.0. The van der Waals surface area contributed by atoms with Crippen LogP contribution in [0.15, 0.2) is 22.7 Å². The molecule has 13 heavy (non-hydrogen) atoms. The molecule has 0 bridgehead atoms. The Morgan fingerprint density at radius 1 is 1.54 bits per heavy atom. The summed E-state index contributed by atoms with van der Waals surface area (Å²) in [7, 11) is 0. The van der Waals surface area contributed by atoms with Gasteiger partial charge in [-0.05, 0) is 34.1 Å². The fraction of sp³-hybridized carbons (Fsp3) is 0.100. The molecule has 0 amide bonds. The van der Waals surface area contributed by atoms with Gasteiger partial charge in [-0.1, -0.05) is 23.4 Å². The highest BCUT2D eigenvalue weighted by atomic mass is 79.9. The molecule has 0 aliphatic heterocycles. The Balaban J connectivity index is 2.95. The van der Waals surface area contributed by atoms with Gasteiger partial charge in [-0.3, -0.25) is 0 Å². The molecule has 0 aliphatic rings. The zero-order valence-corrected chi connectivity index (χ0v) is 9.02. The van der Waals surface area contributed by atoms with Gasteiger partial charge in [0.25, 0.3) is 0 Å². The molecule has 1 aromatic rings. The molecule has 0 atom stereocenters. The largest absolute Gasteiger partial charge is 0.302 e. The Hall–Kier alpha value is -0.780. The SMILES string of the molecule is O=CCC#Cc1cc(Cl)ccc1Br. The zero-order valence-electron chi connectivity index (χ0n) is 6.68. The first-order chi connectivity index (χ1) is 6.24. The summed E-state index contributed by atoms with van der Waals surface area (Å²) in [5.74, 6) is 5.55. The van der Waals surface area contributed by atoms with E-state index in [-0.39, 0.29) is 6.42 Å². The molecule has 0 aliphatic carbocycles. The molecule has 0 radical (unpaired) electrons. The number of hydrogen-bond acceptors (Lipinski definition) is 1. The van der Waals surface area contributed by atoms with Crippen LogP contribution >= 0.6 is 27.5 Å². The summed E-state index contributed by atoms with van der Waals surface area (Å²) in [6, 6.07) is 5.35. The van der Waals surface area contributed by atoms with Crippen LogP contribution in [0.4, 0.5) is 0 Å². The highest BCUT2D eigenvalue weighted by molar-refractivity contribution is 9.10. The van der Waals surface area contributed by atoms with Crippen LogP contribution in [0.5, 0.6) is 0 Å². The van der Waals surface area contributed by atoms with Gasteiger partial charge in [-0.25, -0.2) is 0 Å². The van der Waals surface area contributed by atoms with Crippen LogP contribution in [0.3, 0.4) is 0 Å². The van der Waals surface area contributed by atoms with Gasteiger partial charge < -0.3 is 4.79 Å². The van der Waals surface area contributed by atoms with Gasteiger partial charge >= 0.3 is 0 Å². The first-order valence-electron chi connectivity index (χ1n) is 3.61. The van der Waals surface area contributed by atoms with E-state index < -0.39 is 0 Å². The van der Waals surface area contributed by atoms with Crippen LogP contribution in [-0.4, -0.2) is 6.29 Å². The summed E-state index contributed by atoms with van der Waals surface area (Å²) in [4.78, 5) is 10.0. The summed E-state index contributed by atoms with van der Waals surface area (Å²) in [6.45, 7) is 0. The van der Waals surface area contributed by atoms with Crippen LogP contribution < -0.4 is 0 Å². The first kappa shape index (κ1) is 10.3. The number of benzene rings is 1. The van der Waals surface area contributed by atoms with E-state index >= 15 is 0 Å². The molecule has 1 rings (SSSR count). The summed E-state index contributed by atoms with van der Waals surface area (Å²) in [6.07, 6.45) is 1.02. The van der Waals surface area contributed by atoms with Crippen molar-refractivity contribution in [2.45, 2.75) is 6.42 Å². The van der Waals surface area contributed by atoms with Gasteiger partial charge in [0, 0.05) is 15.1 Å². The smallest absolute Gasteiger partial charge is 0.131 e.